The van der Waals surface area contributed by atoms with Gasteiger partial charge in [-0.05, 0) is 12.8 Å². The van der Waals surface area contributed by atoms with Crippen molar-refractivity contribution >= 4 is 11.5 Å². The number of halogens is 2. The number of ether oxygens (including phenoxy) is 1. The lowest BCUT2D eigenvalue weighted by Gasteiger charge is -2.22. The second-order valence-corrected chi connectivity index (χ2v) is 6.71. The third kappa shape index (κ3) is 4.02. The third-order valence-electron chi connectivity index (χ3n) is 4.73. The molecule has 0 aromatic carbocycles. The number of nitrogen functional groups attached to an aromatic ring is 1. The highest BCUT2D eigenvalue weighted by molar-refractivity contribution is 6.00. The fourth-order valence-corrected chi connectivity index (χ4v) is 3.34. The monoisotopic (exact) mass is 389 g/mol. The fourth-order valence-electron chi connectivity index (χ4n) is 3.34. The van der Waals surface area contributed by atoms with E-state index in [1.807, 2.05) is 13.8 Å². The smallest absolute Gasteiger partial charge is 0.346 e. The average molecular weight is 389 g/mol. The van der Waals surface area contributed by atoms with Gasteiger partial charge in [-0.3, -0.25) is 4.79 Å². The van der Waals surface area contributed by atoms with Gasteiger partial charge < -0.3 is 25.7 Å². The van der Waals surface area contributed by atoms with Gasteiger partial charge in [0.1, 0.15) is 17.9 Å². The number of aromatic amines is 1. The Bertz CT molecular complexity index is 734. The number of nitrogens with zero attached hydrogens (tertiary/aromatic N) is 1. The predicted octanol–water partition coefficient (Wildman–Crippen LogP) is 1.18. The van der Waals surface area contributed by atoms with Crippen LogP contribution < -0.4 is 11.4 Å². The number of hydrogen-bond acceptors (Lipinski definition) is 7. The van der Waals surface area contributed by atoms with E-state index in [0.29, 0.717) is 12.8 Å². The summed E-state index contributed by atoms with van der Waals surface area (Å²) >= 11 is 0. The lowest BCUT2D eigenvalue weighted by Crippen LogP contribution is -2.39. The van der Waals surface area contributed by atoms with E-state index in [4.69, 9.17) is 15.6 Å². The van der Waals surface area contributed by atoms with Crippen molar-refractivity contribution in [3.05, 3.63) is 21.9 Å². The summed E-state index contributed by atoms with van der Waals surface area (Å²) in [5, 5.41) is 18.8. The Labute approximate surface area is 154 Å². The van der Waals surface area contributed by atoms with Crippen molar-refractivity contribution in [2.24, 2.45) is 5.92 Å². The zero-order valence-corrected chi connectivity index (χ0v) is 15.2. The first-order chi connectivity index (χ1) is 12.7. The summed E-state index contributed by atoms with van der Waals surface area (Å²) in [6, 6.07) is 0. The molecule has 152 valence electrons. The number of aliphatic hydroxyl groups excluding tert-OH is 2. The topological polar surface area (TPSA) is 139 Å². The van der Waals surface area contributed by atoms with Gasteiger partial charge in [0.2, 0.25) is 0 Å². The highest BCUT2D eigenvalue weighted by atomic mass is 19.3. The first-order valence-electron chi connectivity index (χ1n) is 8.94. The molecule has 1 fully saturated rings. The van der Waals surface area contributed by atoms with E-state index in [2.05, 4.69) is 9.97 Å². The van der Waals surface area contributed by atoms with E-state index in [0.717, 1.165) is 12.8 Å². The largest absolute Gasteiger partial charge is 0.395 e. The van der Waals surface area contributed by atoms with Gasteiger partial charge in [-0.15, -0.1) is 0 Å². The minimum absolute atomic E-state index is 0.373. The van der Waals surface area contributed by atoms with Crippen LogP contribution in [0.15, 0.2) is 4.79 Å². The van der Waals surface area contributed by atoms with Crippen LogP contribution in [-0.4, -0.2) is 50.7 Å². The van der Waals surface area contributed by atoms with E-state index in [-0.39, 0.29) is 5.69 Å². The molecule has 8 nitrogen and oxygen atoms in total. The van der Waals surface area contributed by atoms with Crippen molar-refractivity contribution in [3.63, 3.8) is 0 Å². The summed E-state index contributed by atoms with van der Waals surface area (Å²) < 4.78 is 33.8. The number of hydrogen-bond donors (Lipinski definition) is 4. The number of aliphatic hydroxyl groups is 2. The number of alkyl halides is 2. The average Bonchev–Trinajstić information content (AvgIpc) is 2.85. The maximum atomic E-state index is 14.4. The highest BCUT2D eigenvalue weighted by Crippen LogP contribution is 2.46. The standard InChI is InChI=1S/C17H25F2N3O5/c1-3-5-8(6-4-2)13(24)11-10(20)12(22-16(26)21-11)15-17(18,19)14(25)9(7-23)27-15/h8-9,14-15,23,25H,3-7,20H2,1-2H3,(H,21,22,26)/t9-,14-,15+/m1/s1. The van der Waals surface area contributed by atoms with Crippen molar-refractivity contribution in [2.75, 3.05) is 12.3 Å². The number of aromatic nitrogens is 2. The number of carbonyl (C=O) groups is 1. The Morgan fingerprint density at radius 1 is 1.37 bits per heavy atom. The van der Waals surface area contributed by atoms with Crippen LogP contribution in [0.1, 0.15) is 61.8 Å². The molecule has 0 unspecified atom stereocenters. The maximum Gasteiger partial charge on any atom is 0.346 e. The number of nitrogens with two attached hydrogens (primary N) is 1. The second-order valence-electron chi connectivity index (χ2n) is 6.71. The first-order valence-corrected chi connectivity index (χ1v) is 8.94. The van der Waals surface area contributed by atoms with Crippen LogP contribution in [0.4, 0.5) is 14.5 Å². The number of nitrogens with one attached hydrogen (secondary N) is 1. The van der Waals surface area contributed by atoms with Crippen molar-refractivity contribution in [3.8, 4) is 0 Å². The van der Waals surface area contributed by atoms with Gasteiger partial charge in [0.05, 0.1) is 18.0 Å². The summed E-state index contributed by atoms with van der Waals surface area (Å²) in [5.41, 5.74) is 3.58. The number of carbonyl (C=O) groups excluding carboxylic acids is 1. The van der Waals surface area contributed by atoms with Gasteiger partial charge in [-0.2, -0.15) is 4.98 Å². The Morgan fingerprint density at radius 3 is 2.44 bits per heavy atom. The van der Waals surface area contributed by atoms with Crippen LogP contribution in [0.5, 0.6) is 0 Å². The fraction of sp³-hybridized carbons (Fsp3) is 0.706. The quantitative estimate of drug-likeness (QED) is 0.490. The number of H-pyrrole nitrogens is 1. The normalized spacial score (nSPS) is 24.5. The van der Waals surface area contributed by atoms with E-state index < -0.39 is 59.6 Å². The molecule has 0 aliphatic carbocycles. The molecule has 1 aromatic rings. The van der Waals surface area contributed by atoms with Gasteiger partial charge >= 0.3 is 11.6 Å². The minimum Gasteiger partial charge on any atom is -0.395 e. The molecule has 1 aliphatic heterocycles. The predicted molar refractivity (Wildman–Crippen MR) is 92.6 cm³/mol. The van der Waals surface area contributed by atoms with E-state index >= 15 is 0 Å². The molecule has 3 atom stereocenters. The zero-order chi connectivity index (χ0) is 20.4. The van der Waals surface area contributed by atoms with Crippen molar-refractivity contribution < 1.29 is 28.5 Å². The van der Waals surface area contributed by atoms with Gasteiger partial charge in [-0.1, -0.05) is 26.7 Å². The lowest BCUT2D eigenvalue weighted by molar-refractivity contribution is -0.114. The summed E-state index contributed by atoms with van der Waals surface area (Å²) in [4.78, 5) is 30.4. The van der Waals surface area contributed by atoms with Crippen molar-refractivity contribution in [1.29, 1.82) is 0 Å². The molecule has 0 amide bonds. The molecule has 2 rings (SSSR count). The minimum atomic E-state index is -3.82. The van der Waals surface area contributed by atoms with E-state index in [9.17, 15) is 23.5 Å². The molecule has 1 saturated heterocycles. The summed E-state index contributed by atoms with van der Waals surface area (Å²) in [7, 11) is 0. The van der Waals surface area contributed by atoms with Crippen LogP contribution >= 0.6 is 0 Å². The molecular formula is C17H25F2N3O5. The zero-order valence-electron chi connectivity index (χ0n) is 15.2. The first kappa shape index (κ1) is 21.4. The van der Waals surface area contributed by atoms with Gasteiger partial charge in [0.25, 0.3) is 0 Å². The maximum absolute atomic E-state index is 14.4. The number of Topliss-reactive ketones (excluding diaryl/α,β-unsaturated/α-hetero) is 1. The molecular weight excluding hydrogens is 364 g/mol. The van der Waals surface area contributed by atoms with E-state index in [1.165, 1.54) is 0 Å². The molecule has 27 heavy (non-hydrogen) atoms. The SMILES string of the molecule is CCCC(CCC)C(=O)c1nc(=O)[nH]c([C@@H]2O[C@H](CO)[C@@H](O)C2(F)F)c1N. The van der Waals surface area contributed by atoms with Gasteiger partial charge in [0.15, 0.2) is 11.9 Å². The summed E-state index contributed by atoms with van der Waals surface area (Å²) in [6.45, 7) is 2.96. The summed E-state index contributed by atoms with van der Waals surface area (Å²) in [5.74, 6) is -4.73. The molecule has 10 heteroatoms. The lowest BCUT2D eigenvalue weighted by atomic mass is 9.90. The van der Waals surface area contributed by atoms with Crippen molar-refractivity contribution in [2.45, 2.75) is 63.8 Å². The molecule has 2 heterocycles. The van der Waals surface area contributed by atoms with Crippen LogP contribution in [0.25, 0.3) is 0 Å². The van der Waals surface area contributed by atoms with Crippen LogP contribution in [0, 0.1) is 5.92 Å². The molecule has 0 saturated carbocycles. The molecule has 1 aliphatic rings. The van der Waals surface area contributed by atoms with Gasteiger partial charge in [-0.25, -0.2) is 13.6 Å². The Kier molecular flexibility index (Phi) is 6.66. The Balaban J connectivity index is 2.49. The van der Waals surface area contributed by atoms with Crippen molar-refractivity contribution in [1.82, 2.24) is 9.97 Å². The molecule has 1 aromatic heterocycles. The number of rotatable bonds is 8. The van der Waals surface area contributed by atoms with Crippen LogP contribution in [0.2, 0.25) is 0 Å². The number of anilines is 1. The van der Waals surface area contributed by atoms with Crippen LogP contribution in [-0.2, 0) is 4.74 Å². The molecule has 0 bridgehead atoms. The third-order valence-corrected chi connectivity index (χ3v) is 4.73. The second kappa shape index (κ2) is 8.41. The molecule has 5 N–H and O–H groups in total. The van der Waals surface area contributed by atoms with Gasteiger partial charge in [0, 0.05) is 5.92 Å². The molecule has 0 spiro atoms. The summed E-state index contributed by atoms with van der Waals surface area (Å²) in [6.07, 6.45) is -3.39. The van der Waals surface area contributed by atoms with E-state index in [1.54, 1.807) is 0 Å². The Hall–Kier alpha value is -1.91. The van der Waals surface area contributed by atoms with Crippen LogP contribution in [0.3, 0.4) is 0 Å². The Morgan fingerprint density at radius 2 is 1.96 bits per heavy atom. The highest BCUT2D eigenvalue weighted by Gasteiger charge is 2.59. The number of ketones is 1. The molecule has 0 radical (unpaired) electrons.